The van der Waals surface area contributed by atoms with E-state index in [9.17, 15) is 31.1 Å². The zero-order valence-corrected chi connectivity index (χ0v) is 19.7. The van der Waals surface area contributed by atoms with Crippen molar-refractivity contribution < 1.29 is 35.9 Å². The first-order valence-electron chi connectivity index (χ1n) is 12.1. The highest BCUT2D eigenvalue weighted by molar-refractivity contribution is 5.68. The van der Waals surface area contributed by atoms with Crippen LogP contribution in [0.25, 0.3) is 0 Å². The Morgan fingerprint density at radius 1 is 0.943 bits per heavy atom. The van der Waals surface area contributed by atoms with Gasteiger partial charge in [-0.05, 0) is 69.2 Å². The van der Waals surface area contributed by atoms with Crippen LogP contribution in [-0.4, -0.2) is 72.6 Å². The minimum atomic E-state index is -5.71. The Hall–Kier alpha value is -2.17. The van der Waals surface area contributed by atoms with E-state index in [0.29, 0.717) is 12.8 Å². The van der Waals surface area contributed by atoms with Crippen LogP contribution in [0.3, 0.4) is 0 Å². The number of nitrogens with zero attached hydrogens (tertiary/aromatic N) is 3. The lowest BCUT2D eigenvalue weighted by Crippen LogP contribution is -2.54. The molecule has 3 aliphatic heterocycles. The summed E-state index contributed by atoms with van der Waals surface area (Å²) in [5.74, 6) is 0. The van der Waals surface area contributed by atoms with E-state index in [4.69, 9.17) is 0 Å². The molecule has 4 rings (SSSR count). The Bertz CT molecular complexity index is 892. The van der Waals surface area contributed by atoms with Crippen LogP contribution in [0, 0.1) is 6.92 Å². The summed E-state index contributed by atoms with van der Waals surface area (Å²) in [5.41, 5.74) is 3.43. The Morgan fingerprint density at radius 3 is 2.14 bits per heavy atom. The molecular weight excluding hydrogens is 476 g/mol. The average molecular weight is 508 g/mol. The van der Waals surface area contributed by atoms with E-state index < -0.39 is 24.5 Å². The van der Waals surface area contributed by atoms with Crippen molar-refractivity contribution in [2.45, 2.75) is 76.0 Å². The van der Waals surface area contributed by atoms with E-state index in [2.05, 4.69) is 39.7 Å². The molecule has 0 aliphatic carbocycles. The number of carbonyl (C=O) groups is 1. The number of benzene rings is 1. The van der Waals surface area contributed by atoms with Crippen LogP contribution in [0.4, 0.5) is 36.8 Å². The number of alkyl halides is 6. The Kier molecular flexibility index (Phi) is 7.19. The molecule has 196 valence electrons. The molecular formula is C24H31F6N3O2. The number of halogens is 6. The van der Waals surface area contributed by atoms with Crippen molar-refractivity contribution >= 4 is 11.8 Å². The van der Waals surface area contributed by atoms with E-state index in [1.165, 1.54) is 29.7 Å². The standard InChI is InChI=1S/C24H31F6N3O2/c1-17-15-18(5-6-19(17)31-10-2-3-11-31)16-33-12-4-7-22(33)8-13-32(14-9-22)21(34)35-20(23(25,26)27)24(28,29)30/h5-6,15,20H,2-4,7-14,16H2,1H3. The third-order valence-electron chi connectivity index (χ3n) is 7.59. The van der Waals surface area contributed by atoms with E-state index in [0.717, 1.165) is 43.9 Å². The third kappa shape index (κ3) is 5.65. The zero-order valence-electron chi connectivity index (χ0n) is 19.7. The minimum Gasteiger partial charge on any atom is -0.426 e. The number of anilines is 1. The lowest BCUT2D eigenvalue weighted by atomic mass is 9.85. The Morgan fingerprint density at radius 2 is 1.57 bits per heavy atom. The molecule has 5 nitrogen and oxygen atoms in total. The zero-order chi connectivity index (χ0) is 25.4. The lowest BCUT2D eigenvalue weighted by Gasteiger charge is -2.45. The quantitative estimate of drug-likeness (QED) is 0.493. The molecule has 0 aromatic heterocycles. The summed E-state index contributed by atoms with van der Waals surface area (Å²) in [5, 5.41) is 0. The predicted molar refractivity (Wildman–Crippen MR) is 118 cm³/mol. The smallest absolute Gasteiger partial charge is 0.426 e. The summed E-state index contributed by atoms with van der Waals surface area (Å²) in [6, 6.07) is 6.49. The SMILES string of the molecule is Cc1cc(CN2CCCC23CCN(C(=O)OC(C(F)(F)F)C(F)(F)F)CC3)ccc1N1CCCC1. The molecule has 0 N–H and O–H groups in total. The molecule has 0 unspecified atom stereocenters. The number of likely N-dealkylation sites (tertiary alicyclic amines) is 2. The second kappa shape index (κ2) is 9.71. The Balaban J connectivity index is 1.37. The fourth-order valence-electron chi connectivity index (χ4n) is 5.76. The Labute approximate surface area is 201 Å². The molecule has 11 heteroatoms. The van der Waals surface area contributed by atoms with Gasteiger partial charge in [0.2, 0.25) is 0 Å². The van der Waals surface area contributed by atoms with Crippen LogP contribution in [0.5, 0.6) is 0 Å². The fourth-order valence-corrected chi connectivity index (χ4v) is 5.76. The first-order chi connectivity index (χ1) is 16.4. The fraction of sp³-hybridized carbons (Fsp3) is 0.708. The van der Waals surface area contributed by atoms with Crippen molar-refractivity contribution in [3.05, 3.63) is 29.3 Å². The molecule has 1 amide bonds. The van der Waals surface area contributed by atoms with Crippen LogP contribution in [0.1, 0.15) is 49.7 Å². The van der Waals surface area contributed by atoms with E-state index in [1.807, 2.05) is 0 Å². The normalized spacial score (nSPS) is 21.4. The summed E-state index contributed by atoms with van der Waals surface area (Å²) in [4.78, 5) is 17.9. The predicted octanol–water partition coefficient (Wildman–Crippen LogP) is 5.66. The van der Waals surface area contributed by atoms with Crippen molar-refractivity contribution in [2.24, 2.45) is 0 Å². The molecule has 1 spiro atoms. The van der Waals surface area contributed by atoms with Gasteiger partial charge < -0.3 is 14.5 Å². The molecule has 3 heterocycles. The van der Waals surface area contributed by atoms with Crippen LogP contribution in [0.15, 0.2) is 18.2 Å². The maximum absolute atomic E-state index is 12.8. The van der Waals surface area contributed by atoms with Gasteiger partial charge in [0.15, 0.2) is 0 Å². The number of amides is 1. The van der Waals surface area contributed by atoms with Gasteiger partial charge in [-0.1, -0.05) is 12.1 Å². The van der Waals surface area contributed by atoms with Crippen molar-refractivity contribution in [3.63, 3.8) is 0 Å². The largest absolute Gasteiger partial charge is 0.434 e. The van der Waals surface area contributed by atoms with Gasteiger partial charge in [0.25, 0.3) is 6.10 Å². The van der Waals surface area contributed by atoms with Gasteiger partial charge in [0, 0.05) is 44.0 Å². The maximum Gasteiger partial charge on any atom is 0.434 e. The third-order valence-corrected chi connectivity index (χ3v) is 7.59. The number of aryl methyl sites for hydroxylation is 1. The van der Waals surface area contributed by atoms with E-state index in [1.54, 1.807) is 0 Å². The maximum atomic E-state index is 12.8. The molecule has 0 radical (unpaired) electrons. The molecule has 1 aromatic carbocycles. The van der Waals surface area contributed by atoms with Crippen LogP contribution >= 0.6 is 0 Å². The summed E-state index contributed by atoms with van der Waals surface area (Å²) < 4.78 is 80.4. The monoisotopic (exact) mass is 507 g/mol. The minimum absolute atomic E-state index is 0.0602. The topological polar surface area (TPSA) is 36.0 Å². The highest BCUT2D eigenvalue weighted by Gasteiger charge is 2.60. The molecule has 35 heavy (non-hydrogen) atoms. The first kappa shape index (κ1) is 25.9. The van der Waals surface area contributed by atoms with Gasteiger partial charge in [0.05, 0.1) is 0 Å². The van der Waals surface area contributed by atoms with Gasteiger partial charge in [0.1, 0.15) is 0 Å². The lowest BCUT2D eigenvalue weighted by molar-refractivity contribution is -0.308. The van der Waals surface area contributed by atoms with Crippen molar-refractivity contribution in [3.8, 4) is 0 Å². The van der Waals surface area contributed by atoms with Gasteiger partial charge in [-0.2, -0.15) is 26.3 Å². The van der Waals surface area contributed by atoms with Gasteiger partial charge >= 0.3 is 18.4 Å². The number of hydrogen-bond acceptors (Lipinski definition) is 4. The number of piperidine rings is 1. The van der Waals surface area contributed by atoms with Crippen molar-refractivity contribution in [2.75, 3.05) is 37.6 Å². The van der Waals surface area contributed by atoms with Gasteiger partial charge in [-0.3, -0.25) is 4.90 Å². The summed E-state index contributed by atoms with van der Waals surface area (Å²) in [6.45, 7) is 5.95. The van der Waals surface area contributed by atoms with Gasteiger partial charge in [-0.15, -0.1) is 0 Å². The summed E-state index contributed by atoms with van der Waals surface area (Å²) >= 11 is 0. The summed E-state index contributed by atoms with van der Waals surface area (Å²) in [7, 11) is 0. The molecule has 1 aromatic rings. The highest BCUT2D eigenvalue weighted by atomic mass is 19.4. The molecule has 3 aliphatic rings. The number of carbonyl (C=O) groups excluding carboxylic acids is 1. The van der Waals surface area contributed by atoms with Crippen molar-refractivity contribution in [1.29, 1.82) is 0 Å². The molecule has 0 bridgehead atoms. The number of rotatable bonds is 4. The number of ether oxygens (including phenoxy) is 1. The molecule has 0 saturated carbocycles. The average Bonchev–Trinajstić information content (AvgIpc) is 3.42. The van der Waals surface area contributed by atoms with E-state index in [-0.39, 0.29) is 18.6 Å². The van der Waals surface area contributed by atoms with Crippen molar-refractivity contribution in [1.82, 2.24) is 9.80 Å². The number of hydrogen-bond donors (Lipinski definition) is 0. The van der Waals surface area contributed by atoms with Crippen LogP contribution in [0.2, 0.25) is 0 Å². The van der Waals surface area contributed by atoms with Crippen LogP contribution in [-0.2, 0) is 11.3 Å². The molecule has 3 saturated heterocycles. The summed E-state index contributed by atoms with van der Waals surface area (Å²) in [6.07, 6.45) is -11.9. The highest BCUT2D eigenvalue weighted by Crippen LogP contribution is 2.41. The second-order valence-corrected chi connectivity index (χ2v) is 9.90. The first-order valence-corrected chi connectivity index (χ1v) is 12.1. The molecule has 3 fully saturated rings. The second-order valence-electron chi connectivity index (χ2n) is 9.90. The van der Waals surface area contributed by atoms with Crippen LogP contribution < -0.4 is 4.90 Å². The molecule has 0 atom stereocenters. The van der Waals surface area contributed by atoms with Gasteiger partial charge in [-0.25, -0.2) is 4.79 Å². The van der Waals surface area contributed by atoms with E-state index >= 15 is 0 Å².